The van der Waals surface area contributed by atoms with E-state index in [1.165, 1.54) is 5.56 Å². The normalized spacial score (nSPS) is 25.5. The van der Waals surface area contributed by atoms with Crippen molar-refractivity contribution in [2.24, 2.45) is 23.7 Å². The van der Waals surface area contributed by atoms with E-state index in [1.54, 1.807) is 18.4 Å². The van der Waals surface area contributed by atoms with E-state index < -0.39 is 0 Å². The van der Waals surface area contributed by atoms with Crippen LogP contribution in [0.15, 0.2) is 54.6 Å². The van der Waals surface area contributed by atoms with Gasteiger partial charge in [0.25, 0.3) is 0 Å². The smallest absolute Gasteiger partial charge is 0.228 e. The van der Waals surface area contributed by atoms with Crippen LogP contribution in [0.4, 0.5) is 0 Å². The molecule has 6 bridgehead atoms. The third-order valence-corrected chi connectivity index (χ3v) is 13.9. The van der Waals surface area contributed by atoms with Crippen molar-refractivity contribution in [3.63, 3.8) is 0 Å². The molecular weight excluding hydrogens is 725 g/mol. The lowest BCUT2D eigenvalue weighted by molar-refractivity contribution is -0.135. The summed E-state index contributed by atoms with van der Waals surface area (Å²) >= 11 is 1.69. The zero-order chi connectivity index (χ0) is 39.0. The molecule has 0 unspecified atom stereocenters. The van der Waals surface area contributed by atoms with Crippen LogP contribution in [-0.2, 0) is 38.7 Å². The molecule has 3 fully saturated rings. The minimum atomic E-state index is -0.140. The Balaban J connectivity index is 1.07. The lowest BCUT2D eigenvalue weighted by Gasteiger charge is -2.40. The van der Waals surface area contributed by atoms with Gasteiger partial charge in [-0.05, 0) is 92.5 Å². The molecule has 1 aromatic heterocycles. The van der Waals surface area contributed by atoms with Crippen LogP contribution in [0.1, 0.15) is 84.0 Å². The van der Waals surface area contributed by atoms with E-state index in [0.29, 0.717) is 51.4 Å². The van der Waals surface area contributed by atoms with Gasteiger partial charge in [0, 0.05) is 82.4 Å². The maximum atomic E-state index is 13.8. The van der Waals surface area contributed by atoms with Gasteiger partial charge in [-0.25, -0.2) is 4.98 Å². The Morgan fingerprint density at radius 2 is 1.64 bits per heavy atom. The van der Waals surface area contributed by atoms with Gasteiger partial charge in [0.15, 0.2) is 0 Å². The van der Waals surface area contributed by atoms with E-state index >= 15 is 0 Å². The fourth-order valence-electron chi connectivity index (χ4n) is 9.32. The number of rotatable bonds is 7. The second-order valence-electron chi connectivity index (χ2n) is 16.4. The highest BCUT2D eigenvalue weighted by Gasteiger charge is 2.36. The average Bonchev–Trinajstić information content (AvgIpc) is 3.58. The van der Waals surface area contributed by atoms with Crippen molar-refractivity contribution in [1.29, 1.82) is 0 Å². The number of fused-ring (bicyclic) bond motifs is 8. The molecule has 4 atom stereocenters. The highest BCUT2D eigenvalue weighted by atomic mass is 32.1. The molecule has 3 aromatic rings. The van der Waals surface area contributed by atoms with Crippen molar-refractivity contribution < 1.29 is 23.9 Å². The minimum Gasteiger partial charge on any atom is -0.497 e. The number of hydrogen-bond acceptors (Lipinski definition) is 8. The van der Waals surface area contributed by atoms with E-state index in [0.717, 1.165) is 85.3 Å². The molecule has 4 amide bonds. The number of aromatic nitrogens is 1. The van der Waals surface area contributed by atoms with Gasteiger partial charge in [-0.2, -0.15) is 0 Å². The van der Waals surface area contributed by atoms with Crippen molar-refractivity contribution in [2.75, 3.05) is 52.9 Å². The van der Waals surface area contributed by atoms with Gasteiger partial charge in [0.05, 0.1) is 24.2 Å². The number of piperidine rings is 3. The van der Waals surface area contributed by atoms with Crippen molar-refractivity contribution in [1.82, 2.24) is 30.3 Å². The highest BCUT2D eigenvalue weighted by molar-refractivity contribution is 7.11. The van der Waals surface area contributed by atoms with Crippen LogP contribution in [0.5, 0.6) is 5.75 Å². The molecule has 0 saturated carbocycles. The van der Waals surface area contributed by atoms with Crippen LogP contribution < -0.4 is 15.4 Å². The standard InChI is InChI=1S/C44H58N6O5S/c1-30-39-25-43(54)50-20-15-34(22-41(52)46-26-31-7-4-3-5-8-31)37(29-50)23-40(51)45-16-11-36-28-48(27-32-9-6-10-38(21-32)55-2)17-12-35(36)24-42(53)49-18-13-33(14-19-49)44(47-39)56-30/h3-10,21,33-37H,11-20,22-29H2,1-2H3,(H,45,51)(H,46,52)/t34-,35-,36-,37-/m0/s1. The minimum absolute atomic E-state index is 0.0148. The van der Waals surface area contributed by atoms with Crippen LogP contribution in [0.3, 0.4) is 0 Å². The maximum Gasteiger partial charge on any atom is 0.228 e. The summed E-state index contributed by atoms with van der Waals surface area (Å²) in [6.07, 6.45) is 5.50. The monoisotopic (exact) mass is 782 g/mol. The number of hydrogen-bond donors (Lipinski definition) is 2. The number of aryl methyl sites for hydroxylation is 1. The number of amides is 4. The number of thiazole rings is 1. The molecular formula is C44H58N6O5S. The fourth-order valence-corrected chi connectivity index (χ4v) is 10.4. The Morgan fingerprint density at radius 1 is 0.857 bits per heavy atom. The van der Waals surface area contributed by atoms with E-state index in [2.05, 4.69) is 32.6 Å². The van der Waals surface area contributed by atoms with Gasteiger partial charge in [-0.3, -0.25) is 24.1 Å². The third kappa shape index (κ3) is 10.4. The number of carbonyl (C=O) groups excluding carboxylic acids is 4. The Kier molecular flexibility index (Phi) is 13.4. The Labute approximate surface area is 335 Å². The molecule has 5 aliphatic heterocycles. The van der Waals surface area contributed by atoms with Gasteiger partial charge in [0.2, 0.25) is 23.6 Å². The number of nitrogens with zero attached hydrogens (tertiary/aromatic N) is 4. The van der Waals surface area contributed by atoms with Gasteiger partial charge in [-0.15, -0.1) is 11.3 Å². The molecule has 300 valence electrons. The number of carbonyl (C=O) groups is 4. The average molecular weight is 783 g/mol. The predicted molar refractivity (Wildman–Crippen MR) is 217 cm³/mol. The highest BCUT2D eigenvalue weighted by Crippen LogP contribution is 2.36. The molecule has 0 radical (unpaired) electrons. The zero-order valence-electron chi connectivity index (χ0n) is 33.0. The molecule has 2 aromatic carbocycles. The van der Waals surface area contributed by atoms with E-state index in [4.69, 9.17) is 9.72 Å². The number of likely N-dealkylation sites (tertiary alicyclic amines) is 1. The van der Waals surface area contributed by atoms with E-state index in [-0.39, 0.29) is 60.1 Å². The van der Waals surface area contributed by atoms with Gasteiger partial charge in [0.1, 0.15) is 5.75 Å². The second kappa shape index (κ2) is 18.8. The third-order valence-electron chi connectivity index (χ3n) is 12.7. The van der Waals surface area contributed by atoms with Crippen molar-refractivity contribution in [3.05, 3.63) is 81.3 Å². The quantitative estimate of drug-likeness (QED) is 0.333. The summed E-state index contributed by atoms with van der Waals surface area (Å²) in [6.45, 7) is 8.09. The fraction of sp³-hybridized carbons (Fsp3) is 0.568. The van der Waals surface area contributed by atoms with Crippen molar-refractivity contribution >= 4 is 35.0 Å². The van der Waals surface area contributed by atoms with Crippen molar-refractivity contribution in [2.45, 2.75) is 83.7 Å². The Hall–Kier alpha value is -4.29. The first-order valence-electron chi connectivity index (χ1n) is 20.6. The number of ether oxygens (including phenoxy) is 1. The number of benzene rings is 2. The molecule has 56 heavy (non-hydrogen) atoms. The first kappa shape index (κ1) is 39.9. The summed E-state index contributed by atoms with van der Waals surface area (Å²) in [7, 11) is 1.69. The van der Waals surface area contributed by atoms with Crippen LogP contribution in [0.2, 0.25) is 0 Å². The summed E-state index contributed by atoms with van der Waals surface area (Å²) in [5.41, 5.74) is 3.07. The summed E-state index contributed by atoms with van der Waals surface area (Å²) in [5.74, 6) is 1.65. The molecule has 11 nitrogen and oxygen atoms in total. The molecule has 0 aliphatic carbocycles. The van der Waals surface area contributed by atoms with E-state index in [1.807, 2.05) is 54.3 Å². The molecule has 8 rings (SSSR count). The Bertz CT molecular complexity index is 1830. The second-order valence-corrected chi connectivity index (χ2v) is 17.7. The molecule has 12 heteroatoms. The van der Waals surface area contributed by atoms with Crippen LogP contribution in [0.25, 0.3) is 0 Å². The van der Waals surface area contributed by atoms with Crippen LogP contribution >= 0.6 is 11.3 Å². The first-order chi connectivity index (χ1) is 27.2. The maximum absolute atomic E-state index is 13.8. The topological polar surface area (TPSA) is 124 Å². The summed E-state index contributed by atoms with van der Waals surface area (Å²) < 4.78 is 5.48. The molecule has 5 aliphatic rings. The van der Waals surface area contributed by atoms with E-state index in [9.17, 15) is 19.2 Å². The SMILES string of the molecule is COc1cccc(CN2CC[C@H]3CC(=O)N4CCC(CC4)c4nc(c(C)s4)CC(=O)N4CC[C@@H](CC(=O)NCc5ccccc5)[C@@H](CC(=O)NCC[C@H]3C2)C4)c1. The lowest BCUT2D eigenvalue weighted by atomic mass is 9.80. The summed E-state index contributed by atoms with van der Waals surface area (Å²) in [6, 6.07) is 18.1. The molecule has 3 saturated heterocycles. The molecule has 6 heterocycles. The largest absolute Gasteiger partial charge is 0.497 e. The van der Waals surface area contributed by atoms with Crippen LogP contribution in [0, 0.1) is 30.6 Å². The van der Waals surface area contributed by atoms with Crippen LogP contribution in [-0.4, -0.2) is 96.2 Å². The zero-order valence-corrected chi connectivity index (χ0v) is 33.9. The number of nitrogens with one attached hydrogen (secondary N) is 2. The summed E-state index contributed by atoms with van der Waals surface area (Å²) in [4.78, 5) is 67.1. The predicted octanol–water partition coefficient (Wildman–Crippen LogP) is 5.32. The number of methoxy groups -OCH3 is 1. The lowest BCUT2D eigenvalue weighted by Crippen LogP contribution is -2.47. The van der Waals surface area contributed by atoms with Gasteiger partial charge < -0.3 is 25.2 Å². The molecule has 0 spiro atoms. The molecule has 2 N–H and O–H groups in total. The summed E-state index contributed by atoms with van der Waals surface area (Å²) in [5, 5.41) is 7.37. The van der Waals surface area contributed by atoms with Gasteiger partial charge in [-0.1, -0.05) is 42.5 Å². The van der Waals surface area contributed by atoms with Gasteiger partial charge >= 0.3 is 0 Å². The van der Waals surface area contributed by atoms with Crippen molar-refractivity contribution in [3.8, 4) is 5.75 Å². The Morgan fingerprint density at radius 3 is 2.45 bits per heavy atom. The first-order valence-corrected chi connectivity index (χ1v) is 21.5.